The first-order chi connectivity index (χ1) is 16.5. The normalized spacial score (nSPS) is 15.6. The summed E-state index contributed by atoms with van der Waals surface area (Å²) in [7, 11) is 0. The van der Waals surface area contributed by atoms with E-state index in [1.165, 1.54) is 0 Å². The van der Waals surface area contributed by atoms with Crippen LogP contribution in [0.2, 0.25) is 5.02 Å². The van der Waals surface area contributed by atoms with Crippen molar-refractivity contribution in [2.75, 3.05) is 0 Å². The van der Waals surface area contributed by atoms with Crippen molar-refractivity contribution in [3.8, 4) is 11.1 Å². The lowest BCUT2D eigenvalue weighted by Gasteiger charge is -2.21. The number of hydrazone groups is 1. The summed E-state index contributed by atoms with van der Waals surface area (Å²) in [5.74, 6) is -0.000537. The molecular weight excluding hydrogens is 510 g/mol. The number of pyridine rings is 1. The second-order valence-corrected chi connectivity index (χ2v) is 9.74. The van der Waals surface area contributed by atoms with Gasteiger partial charge in [0.15, 0.2) is 0 Å². The fourth-order valence-corrected chi connectivity index (χ4v) is 5.17. The number of hydrogen-bond acceptors (Lipinski definition) is 3. The molecule has 0 N–H and O–H groups in total. The summed E-state index contributed by atoms with van der Waals surface area (Å²) in [4.78, 5) is 17.8. The van der Waals surface area contributed by atoms with Gasteiger partial charge in [0.1, 0.15) is 0 Å². The van der Waals surface area contributed by atoms with Crippen molar-refractivity contribution in [3.05, 3.63) is 99.1 Å². The quantitative estimate of drug-likeness (QED) is 0.270. The van der Waals surface area contributed by atoms with Gasteiger partial charge in [-0.25, -0.2) is 5.01 Å². The van der Waals surface area contributed by atoms with Gasteiger partial charge in [0.2, 0.25) is 5.91 Å². The third kappa shape index (κ3) is 4.15. The highest BCUT2D eigenvalue weighted by atomic mass is 79.9. The fourth-order valence-electron chi connectivity index (χ4n) is 4.63. The highest BCUT2D eigenvalue weighted by molar-refractivity contribution is 9.10. The van der Waals surface area contributed by atoms with Gasteiger partial charge >= 0.3 is 0 Å². The molecule has 4 aromatic rings. The minimum atomic E-state index is -0.163. The second kappa shape index (κ2) is 9.32. The van der Waals surface area contributed by atoms with Crippen molar-refractivity contribution < 1.29 is 4.79 Å². The number of para-hydroxylation sites is 1. The van der Waals surface area contributed by atoms with E-state index in [1.807, 2.05) is 68.4 Å². The second-order valence-electron chi connectivity index (χ2n) is 8.38. The Balaban J connectivity index is 1.72. The van der Waals surface area contributed by atoms with Gasteiger partial charge in [0, 0.05) is 44.5 Å². The van der Waals surface area contributed by atoms with E-state index in [9.17, 15) is 4.79 Å². The maximum atomic E-state index is 12.9. The highest BCUT2D eigenvalue weighted by Gasteiger charge is 2.34. The lowest BCUT2D eigenvalue weighted by atomic mass is 9.89. The Labute approximate surface area is 212 Å². The zero-order chi connectivity index (χ0) is 23.8. The Morgan fingerprint density at radius 1 is 1.06 bits per heavy atom. The molecule has 0 bridgehead atoms. The summed E-state index contributed by atoms with van der Waals surface area (Å²) >= 11 is 9.77. The first-order valence-electron chi connectivity index (χ1n) is 11.3. The van der Waals surface area contributed by atoms with Crippen molar-refractivity contribution in [3.63, 3.8) is 0 Å². The number of rotatable bonds is 4. The van der Waals surface area contributed by atoms with Gasteiger partial charge in [-0.05, 0) is 48.4 Å². The molecule has 1 unspecified atom stereocenters. The van der Waals surface area contributed by atoms with Crippen molar-refractivity contribution in [2.24, 2.45) is 5.10 Å². The third-order valence-electron chi connectivity index (χ3n) is 6.20. The SMILES string of the molecule is CCC(=O)N1N=C(c2c(C)nc3ccccc3c2-c2ccc(Cl)cc2)CC1c1cccc(Br)c1. The van der Waals surface area contributed by atoms with E-state index in [0.29, 0.717) is 17.9 Å². The molecule has 6 heteroatoms. The van der Waals surface area contributed by atoms with Gasteiger partial charge in [-0.1, -0.05) is 76.9 Å². The average molecular weight is 533 g/mol. The molecule has 4 nitrogen and oxygen atoms in total. The molecule has 0 radical (unpaired) electrons. The first-order valence-corrected chi connectivity index (χ1v) is 12.4. The number of aryl methyl sites for hydroxylation is 1. The molecule has 34 heavy (non-hydrogen) atoms. The Bertz CT molecular complexity index is 1430. The van der Waals surface area contributed by atoms with Crippen LogP contribution < -0.4 is 0 Å². The van der Waals surface area contributed by atoms with Gasteiger partial charge < -0.3 is 0 Å². The number of carbonyl (C=O) groups is 1. The molecule has 1 aromatic heterocycles. The van der Waals surface area contributed by atoms with Gasteiger partial charge in [-0.2, -0.15) is 5.10 Å². The number of halogens is 2. The van der Waals surface area contributed by atoms with E-state index >= 15 is 0 Å². The van der Waals surface area contributed by atoms with Crippen LogP contribution in [0, 0.1) is 6.92 Å². The van der Waals surface area contributed by atoms with Gasteiger partial charge in [-0.15, -0.1) is 0 Å². The molecule has 0 fully saturated rings. The molecule has 0 aliphatic carbocycles. The maximum Gasteiger partial charge on any atom is 0.242 e. The maximum absolute atomic E-state index is 12.9. The minimum absolute atomic E-state index is 0.000537. The fraction of sp³-hybridized carbons (Fsp3) is 0.179. The summed E-state index contributed by atoms with van der Waals surface area (Å²) < 4.78 is 0.979. The standard InChI is InChI=1S/C28H23BrClN3O/c1-3-26(34)33-25(19-7-6-8-20(29)15-19)16-24(32-33)27-17(2)31-23-10-5-4-9-22(23)28(27)18-11-13-21(30)14-12-18/h4-15,25H,3,16H2,1-2H3. The Morgan fingerprint density at radius 3 is 2.56 bits per heavy atom. The van der Waals surface area contributed by atoms with Crippen LogP contribution in [0.25, 0.3) is 22.0 Å². The summed E-state index contributed by atoms with van der Waals surface area (Å²) in [6.45, 7) is 3.89. The van der Waals surface area contributed by atoms with Crippen LogP contribution >= 0.6 is 27.5 Å². The minimum Gasteiger partial charge on any atom is -0.273 e. The zero-order valence-electron chi connectivity index (χ0n) is 18.9. The third-order valence-corrected chi connectivity index (χ3v) is 6.94. The first kappa shape index (κ1) is 22.8. The van der Waals surface area contributed by atoms with Crippen molar-refractivity contribution in [1.29, 1.82) is 0 Å². The molecule has 3 aromatic carbocycles. The van der Waals surface area contributed by atoms with Crippen molar-refractivity contribution in [1.82, 2.24) is 9.99 Å². The zero-order valence-corrected chi connectivity index (χ0v) is 21.3. The van der Waals surface area contributed by atoms with E-state index in [2.05, 4.69) is 34.1 Å². The Hall–Kier alpha value is -3.02. The van der Waals surface area contributed by atoms with Crippen molar-refractivity contribution in [2.45, 2.75) is 32.7 Å². The van der Waals surface area contributed by atoms with E-state index in [1.54, 1.807) is 5.01 Å². The number of amides is 1. The number of hydrogen-bond donors (Lipinski definition) is 0. The number of aromatic nitrogens is 1. The van der Waals surface area contributed by atoms with Gasteiger partial charge in [0.05, 0.1) is 17.3 Å². The topological polar surface area (TPSA) is 45.6 Å². The van der Waals surface area contributed by atoms with Gasteiger partial charge in [-0.3, -0.25) is 9.78 Å². The molecule has 0 saturated carbocycles. The average Bonchev–Trinajstić information content (AvgIpc) is 3.28. The molecule has 1 aliphatic heterocycles. The van der Waals surface area contributed by atoms with Crippen LogP contribution in [0.15, 0.2) is 82.4 Å². The van der Waals surface area contributed by atoms with Crippen LogP contribution in [-0.4, -0.2) is 21.6 Å². The molecular formula is C28H23BrClN3O. The van der Waals surface area contributed by atoms with E-state index in [0.717, 1.165) is 49.0 Å². The van der Waals surface area contributed by atoms with Gasteiger partial charge in [0.25, 0.3) is 0 Å². The molecule has 0 spiro atoms. The van der Waals surface area contributed by atoms with E-state index in [4.69, 9.17) is 21.7 Å². The highest BCUT2D eigenvalue weighted by Crippen LogP contribution is 2.40. The molecule has 170 valence electrons. The molecule has 5 rings (SSSR count). The number of nitrogens with zero attached hydrogens (tertiary/aromatic N) is 3. The lowest BCUT2D eigenvalue weighted by molar-refractivity contribution is -0.132. The summed E-state index contributed by atoms with van der Waals surface area (Å²) in [5, 5.41) is 8.29. The van der Waals surface area contributed by atoms with Crippen LogP contribution in [0.4, 0.5) is 0 Å². The molecule has 0 saturated heterocycles. The van der Waals surface area contributed by atoms with Crippen molar-refractivity contribution >= 4 is 50.1 Å². The van der Waals surface area contributed by atoms with Crippen LogP contribution in [-0.2, 0) is 4.79 Å². The smallest absolute Gasteiger partial charge is 0.242 e. The molecule has 1 amide bonds. The molecule has 1 atom stereocenters. The van der Waals surface area contributed by atoms with E-state index < -0.39 is 0 Å². The Morgan fingerprint density at radius 2 is 1.82 bits per heavy atom. The Kier molecular flexibility index (Phi) is 6.24. The monoisotopic (exact) mass is 531 g/mol. The number of benzene rings is 3. The largest absolute Gasteiger partial charge is 0.273 e. The summed E-state index contributed by atoms with van der Waals surface area (Å²) in [6.07, 6.45) is 1.00. The summed E-state index contributed by atoms with van der Waals surface area (Å²) in [5.41, 5.74) is 6.83. The molecule has 2 heterocycles. The van der Waals surface area contributed by atoms with E-state index in [-0.39, 0.29) is 11.9 Å². The molecule has 1 aliphatic rings. The summed E-state index contributed by atoms with van der Waals surface area (Å²) in [6, 6.07) is 23.9. The predicted octanol–water partition coefficient (Wildman–Crippen LogP) is 7.71. The van der Waals surface area contributed by atoms with Crippen LogP contribution in [0.5, 0.6) is 0 Å². The van der Waals surface area contributed by atoms with Crippen LogP contribution in [0.3, 0.4) is 0 Å². The van der Waals surface area contributed by atoms with Crippen LogP contribution in [0.1, 0.15) is 42.6 Å². The lowest BCUT2D eigenvalue weighted by Crippen LogP contribution is -2.26. The number of fused-ring (bicyclic) bond motifs is 1. The number of carbonyl (C=O) groups excluding carboxylic acids is 1. The predicted molar refractivity (Wildman–Crippen MR) is 142 cm³/mol.